The van der Waals surface area contributed by atoms with E-state index in [4.69, 9.17) is 11.6 Å². The number of nitrogens with zero attached hydrogens (tertiary/aromatic N) is 1. The molecule has 1 saturated carbocycles. The second-order valence-corrected chi connectivity index (χ2v) is 6.78. The van der Waals surface area contributed by atoms with Gasteiger partial charge in [0.25, 0.3) is 0 Å². The van der Waals surface area contributed by atoms with Gasteiger partial charge in [0.1, 0.15) is 0 Å². The molecule has 5 heteroatoms. The van der Waals surface area contributed by atoms with Crippen LogP contribution in [0.5, 0.6) is 0 Å². The fourth-order valence-corrected chi connectivity index (χ4v) is 3.67. The summed E-state index contributed by atoms with van der Waals surface area (Å²) in [5.74, 6) is 0.110. The van der Waals surface area contributed by atoms with E-state index in [2.05, 4.69) is 17.1 Å². The first kappa shape index (κ1) is 14.8. The normalized spacial score (nSPS) is 16.2. The molecule has 106 valence electrons. The lowest BCUT2D eigenvalue weighted by atomic mass is 10.2. The standard InChI is InChI=1S/C14H21ClN2OS/c1-2-17(11-5-3-4-6-11)10-14(18)16-9-12-7-8-13(15)19-12/h7-8,11H,2-6,9-10H2,1H3,(H,16,18). The summed E-state index contributed by atoms with van der Waals surface area (Å²) in [6.45, 7) is 4.17. The van der Waals surface area contributed by atoms with Crippen LogP contribution in [-0.4, -0.2) is 29.9 Å². The molecule has 0 radical (unpaired) electrons. The Kier molecular flexibility index (Phi) is 5.67. The summed E-state index contributed by atoms with van der Waals surface area (Å²) in [6, 6.07) is 4.43. The van der Waals surface area contributed by atoms with E-state index in [-0.39, 0.29) is 5.91 Å². The topological polar surface area (TPSA) is 32.3 Å². The summed E-state index contributed by atoms with van der Waals surface area (Å²) >= 11 is 7.38. The van der Waals surface area contributed by atoms with Gasteiger partial charge in [0.2, 0.25) is 5.91 Å². The van der Waals surface area contributed by atoms with Crippen LogP contribution in [0, 0.1) is 0 Å². The highest BCUT2D eigenvalue weighted by Crippen LogP contribution is 2.23. The van der Waals surface area contributed by atoms with Gasteiger partial charge in [-0.15, -0.1) is 11.3 Å². The van der Waals surface area contributed by atoms with E-state index in [9.17, 15) is 4.79 Å². The number of rotatable bonds is 6. The zero-order valence-corrected chi connectivity index (χ0v) is 12.9. The highest BCUT2D eigenvalue weighted by Gasteiger charge is 2.22. The molecule has 0 aromatic carbocycles. The molecule has 1 amide bonds. The van der Waals surface area contributed by atoms with Crippen LogP contribution >= 0.6 is 22.9 Å². The van der Waals surface area contributed by atoms with Crippen LogP contribution in [0.3, 0.4) is 0 Å². The summed E-state index contributed by atoms with van der Waals surface area (Å²) in [4.78, 5) is 15.4. The third-order valence-corrected chi connectivity index (χ3v) is 4.91. The molecule has 0 spiro atoms. The molecule has 0 atom stereocenters. The number of carbonyl (C=O) groups excluding carboxylic acids is 1. The Morgan fingerprint density at radius 3 is 2.79 bits per heavy atom. The molecule has 0 unspecified atom stereocenters. The first-order chi connectivity index (χ1) is 9.19. The minimum absolute atomic E-state index is 0.110. The van der Waals surface area contributed by atoms with Crippen molar-refractivity contribution in [2.45, 2.75) is 45.2 Å². The van der Waals surface area contributed by atoms with Gasteiger partial charge in [-0.1, -0.05) is 31.4 Å². The fraction of sp³-hybridized carbons (Fsp3) is 0.643. The number of hydrogen-bond donors (Lipinski definition) is 1. The molecule has 1 aliphatic carbocycles. The summed E-state index contributed by atoms with van der Waals surface area (Å²) in [6.07, 6.45) is 5.08. The van der Waals surface area contributed by atoms with Gasteiger partial charge in [-0.05, 0) is 31.5 Å². The summed E-state index contributed by atoms with van der Waals surface area (Å²) in [7, 11) is 0. The molecular weight excluding hydrogens is 280 g/mol. The molecule has 0 bridgehead atoms. The maximum atomic E-state index is 12.0. The van der Waals surface area contributed by atoms with Crippen molar-refractivity contribution in [2.75, 3.05) is 13.1 Å². The number of carbonyl (C=O) groups is 1. The summed E-state index contributed by atoms with van der Waals surface area (Å²) in [5, 5.41) is 2.97. The van der Waals surface area contributed by atoms with Gasteiger partial charge in [0.15, 0.2) is 0 Å². The van der Waals surface area contributed by atoms with Gasteiger partial charge in [0, 0.05) is 10.9 Å². The average molecular weight is 301 g/mol. The largest absolute Gasteiger partial charge is 0.350 e. The van der Waals surface area contributed by atoms with E-state index in [0.29, 0.717) is 19.1 Å². The van der Waals surface area contributed by atoms with Crippen LogP contribution in [-0.2, 0) is 11.3 Å². The lowest BCUT2D eigenvalue weighted by Gasteiger charge is -2.26. The molecule has 1 aliphatic rings. The minimum Gasteiger partial charge on any atom is -0.350 e. The highest BCUT2D eigenvalue weighted by molar-refractivity contribution is 7.16. The van der Waals surface area contributed by atoms with Crippen molar-refractivity contribution in [3.63, 3.8) is 0 Å². The highest BCUT2D eigenvalue weighted by atomic mass is 35.5. The van der Waals surface area contributed by atoms with Crippen LogP contribution in [0.4, 0.5) is 0 Å². The maximum absolute atomic E-state index is 12.0. The van der Waals surface area contributed by atoms with Crippen LogP contribution in [0.15, 0.2) is 12.1 Å². The van der Waals surface area contributed by atoms with E-state index in [1.165, 1.54) is 37.0 Å². The predicted octanol–water partition coefficient (Wildman–Crippen LogP) is 3.28. The van der Waals surface area contributed by atoms with Crippen LogP contribution in [0.25, 0.3) is 0 Å². The average Bonchev–Trinajstić information content (AvgIpc) is 3.05. The van der Waals surface area contributed by atoms with Crippen molar-refractivity contribution < 1.29 is 4.79 Å². The number of likely N-dealkylation sites (N-methyl/N-ethyl adjacent to an activating group) is 1. The first-order valence-corrected chi connectivity index (χ1v) is 8.13. The summed E-state index contributed by atoms with van der Waals surface area (Å²) in [5.41, 5.74) is 0. The van der Waals surface area contributed by atoms with E-state index in [0.717, 1.165) is 15.8 Å². The van der Waals surface area contributed by atoms with Crippen LogP contribution in [0.2, 0.25) is 4.34 Å². The Balaban J connectivity index is 1.76. The third-order valence-electron chi connectivity index (χ3n) is 3.68. The van der Waals surface area contributed by atoms with Crippen molar-refractivity contribution >= 4 is 28.8 Å². The number of halogens is 1. The molecule has 1 fully saturated rings. The third kappa shape index (κ3) is 4.48. The Labute approximate surface area is 123 Å². The van der Waals surface area contributed by atoms with Crippen LogP contribution in [0.1, 0.15) is 37.5 Å². The molecule has 1 heterocycles. The SMILES string of the molecule is CCN(CC(=O)NCc1ccc(Cl)s1)C1CCCC1. The van der Waals surface area contributed by atoms with Crippen LogP contribution < -0.4 is 5.32 Å². The van der Waals surface area contributed by atoms with Gasteiger partial charge in [-0.3, -0.25) is 9.69 Å². The Hall–Kier alpha value is -0.580. The van der Waals surface area contributed by atoms with Crippen molar-refractivity contribution in [3.05, 3.63) is 21.3 Å². The molecule has 1 aromatic heterocycles. The molecule has 19 heavy (non-hydrogen) atoms. The summed E-state index contributed by atoms with van der Waals surface area (Å²) < 4.78 is 0.769. The van der Waals surface area contributed by atoms with Gasteiger partial charge in [-0.2, -0.15) is 0 Å². The first-order valence-electron chi connectivity index (χ1n) is 6.94. The van der Waals surface area contributed by atoms with Gasteiger partial charge >= 0.3 is 0 Å². The Morgan fingerprint density at radius 1 is 1.47 bits per heavy atom. The molecule has 1 aromatic rings. The van der Waals surface area contributed by atoms with Gasteiger partial charge in [-0.25, -0.2) is 0 Å². The predicted molar refractivity (Wildman–Crippen MR) is 80.7 cm³/mol. The molecule has 0 saturated heterocycles. The van der Waals surface area contributed by atoms with Crippen molar-refractivity contribution in [2.24, 2.45) is 0 Å². The van der Waals surface area contributed by atoms with E-state index >= 15 is 0 Å². The molecule has 2 rings (SSSR count). The second kappa shape index (κ2) is 7.27. The van der Waals surface area contributed by atoms with Crippen molar-refractivity contribution in [1.82, 2.24) is 10.2 Å². The lowest BCUT2D eigenvalue weighted by molar-refractivity contribution is -0.122. The molecule has 0 aliphatic heterocycles. The van der Waals surface area contributed by atoms with Gasteiger partial charge < -0.3 is 5.32 Å². The van der Waals surface area contributed by atoms with Crippen molar-refractivity contribution in [3.8, 4) is 0 Å². The monoisotopic (exact) mass is 300 g/mol. The molecule has 1 N–H and O–H groups in total. The van der Waals surface area contributed by atoms with Crippen molar-refractivity contribution in [1.29, 1.82) is 0 Å². The molecular formula is C14H21ClN2OS. The quantitative estimate of drug-likeness (QED) is 0.874. The fourth-order valence-electron chi connectivity index (χ4n) is 2.64. The lowest BCUT2D eigenvalue weighted by Crippen LogP contribution is -2.41. The maximum Gasteiger partial charge on any atom is 0.234 e. The molecule has 3 nitrogen and oxygen atoms in total. The van der Waals surface area contributed by atoms with E-state index in [1.807, 2.05) is 12.1 Å². The second-order valence-electron chi connectivity index (χ2n) is 4.98. The number of nitrogens with one attached hydrogen (secondary N) is 1. The van der Waals surface area contributed by atoms with Gasteiger partial charge in [0.05, 0.1) is 17.4 Å². The number of amides is 1. The smallest absolute Gasteiger partial charge is 0.234 e. The zero-order valence-electron chi connectivity index (χ0n) is 11.3. The minimum atomic E-state index is 0.110. The Morgan fingerprint density at radius 2 is 2.21 bits per heavy atom. The van der Waals surface area contributed by atoms with E-state index < -0.39 is 0 Å². The number of thiophene rings is 1. The number of hydrogen-bond acceptors (Lipinski definition) is 3. The Bertz CT molecular complexity index is 415. The van der Waals surface area contributed by atoms with E-state index in [1.54, 1.807) is 0 Å². The zero-order chi connectivity index (χ0) is 13.7.